The molecule has 0 radical (unpaired) electrons. The molecule has 0 bridgehead atoms. The SMILES string of the molecule is CCCCC(=O)Oc1ccc(/C=C2/C(=O)N(c3ccc(S(=O)(=O)O)cc3)N=C2C)cc1OC. The van der Waals surface area contributed by atoms with Crippen LogP contribution in [0.15, 0.2) is 58.0 Å². The number of hydrogen-bond acceptors (Lipinski definition) is 7. The van der Waals surface area contributed by atoms with Gasteiger partial charge in [-0.25, -0.2) is 0 Å². The zero-order chi connectivity index (χ0) is 24.2. The van der Waals surface area contributed by atoms with Crippen LogP contribution >= 0.6 is 0 Å². The fourth-order valence-corrected chi connectivity index (χ4v) is 3.62. The average molecular weight is 473 g/mol. The molecule has 1 aliphatic heterocycles. The second-order valence-corrected chi connectivity index (χ2v) is 8.74. The Bertz CT molecular complexity index is 1230. The number of unbranched alkanes of at least 4 members (excludes halogenated alkanes) is 1. The quantitative estimate of drug-likeness (QED) is 0.268. The maximum Gasteiger partial charge on any atom is 0.311 e. The van der Waals surface area contributed by atoms with Crippen LogP contribution in [0, 0.1) is 0 Å². The Morgan fingerprint density at radius 1 is 1.15 bits per heavy atom. The summed E-state index contributed by atoms with van der Waals surface area (Å²) >= 11 is 0. The molecule has 10 heteroatoms. The van der Waals surface area contributed by atoms with Crippen molar-refractivity contribution in [3.63, 3.8) is 0 Å². The van der Waals surface area contributed by atoms with Crippen LogP contribution in [0.1, 0.15) is 38.7 Å². The average Bonchev–Trinajstić information content (AvgIpc) is 3.06. The molecule has 0 saturated heterocycles. The molecule has 174 valence electrons. The van der Waals surface area contributed by atoms with Gasteiger partial charge in [0.1, 0.15) is 0 Å². The third-order valence-electron chi connectivity index (χ3n) is 4.90. The molecule has 0 atom stereocenters. The number of benzene rings is 2. The molecule has 2 aromatic carbocycles. The number of rotatable bonds is 8. The van der Waals surface area contributed by atoms with Crippen molar-refractivity contribution in [2.24, 2.45) is 5.10 Å². The molecule has 1 aliphatic rings. The molecule has 0 saturated carbocycles. The molecule has 0 aromatic heterocycles. The summed E-state index contributed by atoms with van der Waals surface area (Å²) in [7, 11) is -2.88. The molecule has 0 aliphatic carbocycles. The minimum absolute atomic E-state index is 0.281. The van der Waals surface area contributed by atoms with E-state index in [4.69, 9.17) is 14.0 Å². The normalized spacial score (nSPS) is 15.0. The van der Waals surface area contributed by atoms with Crippen LogP contribution in [-0.2, 0) is 19.7 Å². The van der Waals surface area contributed by atoms with Crippen LogP contribution < -0.4 is 14.5 Å². The van der Waals surface area contributed by atoms with Crippen LogP contribution in [0.25, 0.3) is 6.08 Å². The third kappa shape index (κ3) is 5.65. The van der Waals surface area contributed by atoms with Crippen LogP contribution in [0.3, 0.4) is 0 Å². The molecule has 9 nitrogen and oxygen atoms in total. The van der Waals surface area contributed by atoms with Crippen molar-refractivity contribution in [3.8, 4) is 11.5 Å². The fourth-order valence-electron chi connectivity index (χ4n) is 3.14. The molecule has 0 spiro atoms. The Balaban J connectivity index is 1.83. The van der Waals surface area contributed by atoms with Gasteiger partial charge in [0.25, 0.3) is 16.0 Å². The van der Waals surface area contributed by atoms with E-state index in [1.165, 1.54) is 31.4 Å². The highest BCUT2D eigenvalue weighted by molar-refractivity contribution is 7.85. The zero-order valence-electron chi connectivity index (χ0n) is 18.4. The lowest BCUT2D eigenvalue weighted by Gasteiger charge is -2.12. The fraction of sp³-hybridized carbons (Fsp3) is 0.261. The van der Waals surface area contributed by atoms with E-state index < -0.39 is 16.0 Å². The van der Waals surface area contributed by atoms with Gasteiger partial charge in [0.15, 0.2) is 11.5 Å². The number of ether oxygens (including phenoxy) is 2. The molecular formula is C23H24N2O7S. The number of nitrogens with zero attached hydrogens (tertiary/aromatic N) is 2. The van der Waals surface area contributed by atoms with E-state index >= 15 is 0 Å². The summed E-state index contributed by atoms with van der Waals surface area (Å²) in [4.78, 5) is 24.6. The van der Waals surface area contributed by atoms with Crippen molar-refractivity contribution in [3.05, 3.63) is 53.6 Å². The van der Waals surface area contributed by atoms with Gasteiger partial charge >= 0.3 is 5.97 Å². The number of hydrazone groups is 1. The monoisotopic (exact) mass is 472 g/mol. The molecular weight excluding hydrogens is 448 g/mol. The van der Waals surface area contributed by atoms with E-state index in [9.17, 15) is 18.0 Å². The van der Waals surface area contributed by atoms with E-state index in [2.05, 4.69) is 5.10 Å². The minimum atomic E-state index is -4.34. The summed E-state index contributed by atoms with van der Waals surface area (Å²) in [5.41, 5.74) is 1.79. The lowest BCUT2D eigenvalue weighted by atomic mass is 10.1. The summed E-state index contributed by atoms with van der Waals surface area (Å²) in [6.45, 7) is 3.67. The van der Waals surface area contributed by atoms with Crippen molar-refractivity contribution >= 4 is 39.5 Å². The Kier molecular flexibility index (Phi) is 7.29. The summed E-state index contributed by atoms with van der Waals surface area (Å²) in [6.07, 6.45) is 3.58. The lowest BCUT2D eigenvalue weighted by molar-refractivity contribution is -0.134. The second-order valence-electron chi connectivity index (χ2n) is 7.32. The van der Waals surface area contributed by atoms with Crippen molar-refractivity contribution in [1.82, 2.24) is 0 Å². The summed E-state index contributed by atoms with van der Waals surface area (Å²) in [5, 5.41) is 5.41. The first-order chi connectivity index (χ1) is 15.6. The lowest BCUT2D eigenvalue weighted by Crippen LogP contribution is -2.21. The van der Waals surface area contributed by atoms with E-state index in [1.54, 1.807) is 31.2 Å². The minimum Gasteiger partial charge on any atom is -0.493 e. The highest BCUT2D eigenvalue weighted by atomic mass is 32.2. The highest BCUT2D eigenvalue weighted by Gasteiger charge is 2.29. The Labute approximate surface area is 192 Å². The van der Waals surface area contributed by atoms with Crippen LogP contribution in [0.2, 0.25) is 0 Å². The largest absolute Gasteiger partial charge is 0.493 e. The van der Waals surface area contributed by atoms with E-state index in [0.29, 0.717) is 40.5 Å². The molecule has 0 unspecified atom stereocenters. The summed E-state index contributed by atoms with van der Waals surface area (Å²) < 4.78 is 42.3. The first-order valence-electron chi connectivity index (χ1n) is 10.2. The molecule has 1 heterocycles. The molecule has 33 heavy (non-hydrogen) atoms. The molecule has 0 fully saturated rings. The number of hydrogen-bond donors (Lipinski definition) is 1. The smallest absolute Gasteiger partial charge is 0.311 e. The van der Waals surface area contributed by atoms with Gasteiger partial charge in [-0.15, -0.1) is 0 Å². The highest BCUT2D eigenvalue weighted by Crippen LogP contribution is 2.31. The van der Waals surface area contributed by atoms with Gasteiger partial charge in [0.2, 0.25) is 0 Å². The summed E-state index contributed by atoms with van der Waals surface area (Å²) in [5.74, 6) is -0.0941. The Hall–Kier alpha value is -3.50. The van der Waals surface area contributed by atoms with Crippen LogP contribution in [0.4, 0.5) is 5.69 Å². The number of methoxy groups -OCH3 is 1. The van der Waals surface area contributed by atoms with E-state index in [-0.39, 0.29) is 10.9 Å². The first kappa shape index (κ1) is 24.1. The topological polar surface area (TPSA) is 123 Å². The maximum absolute atomic E-state index is 12.9. The molecule has 2 aromatic rings. The van der Waals surface area contributed by atoms with Gasteiger partial charge in [-0.1, -0.05) is 19.4 Å². The number of amides is 1. The predicted molar refractivity (Wildman–Crippen MR) is 123 cm³/mol. The van der Waals surface area contributed by atoms with Crippen LogP contribution in [-0.4, -0.2) is 37.7 Å². The number of carbonyl (C=O) groups excluding carboxylic acids is 2. The Morgan fingerprint density at radius 3 is 2.45 bits per heavy atom. The summed E-state index contributed by atoms with van der Waals surface area (Å²) in [6, 6.07) is 10.1. The zero-order valence-corrected chi connectivity index (χ0v) is 19.3. The number of esters is 1. The predicted octanol–water partition coefficient (Wildman–Crippen LogP) is 3.84. The molecule has 1 amide bonds. The Morgan fingerprint density at radius 2 is 1.85 bits per heavy atom. The van der Waals surface area contributed by atoms with Gasteiger partial charge in [0.05, 0.1) is 29.0 Å². The van der Waals surface area contributed by atoms with Gasteiger partial charge < -0.3 is 9.47 Å². The first-order valence-corrected chi connectivity index (χ1v) is 11.7. The van der Waals surface area contributed by atoms with Crippen molar-refractivity contribution in [1.29, 1.82) is 0 Å². The number of anilines is 1. The third-order valence-corrected chi connectivity index (χ3v) is 5.77. The van der Waals surface area contributed by atoms with Crippen LogP contribution in [0.5, 0.6) is 11.5 Å². The second kappa shape index (κ2) is 9.97. The standard InChI is InChI=1S/C23H24N2O7S/c1-4-5-6-22(26)32-20-12-7-16(14-21(20)31-3)13-19-15(2)24-25(23(19)27)17-8-10-18(11-9-17)33(28,29)30/h7-14H,4-6H2,1-3H3,(H,28,29,30)/b19-13+. The van der Waals surface area contributed by atoms with Gasteiger partial charge in [-0.3, -0.25) is 14.1 Å². The van der Waals surface area contributed by atoms with Gasteiger partial charge in [0, 0.05) is 6.42 Å². The van der Waals surface area contributed by atoms with Crippen molar-refractivity contribution in [2.45, 2.75) is 38.0 Å². The van der Waals surface area contributed by atoms with E-state index in [1.807, 2.05) is 6.92 Å². The van der Waals surface area contributed by atoms with Gasteiger partial charge in [-0.05, 0) is 61.4 Å². The molecule has 3 rings (SSSR count). The van der Waals surface area contributed by atoms with E-state index in [0.717, 1.165) is 17.9 Å². The maximum atomic E-state index is 12.9. The van der Waals surface area contributed by atoms with Crippen molar-refractivity contribution in [2.75, 3.05) is 12.1 Å². The number of carbonyl (C=O) groups is 2. The van der Waals surface area contributed by atoms with Crippen molar-refractivity contribution < 1.29 is 32.0 Å². The molecule has 1 N–H and O–H groups in total. The van der Waals surface area contributed by atoms with Gasteiger partial charge in [-0.2, -0.15) is 18.5 Å².